The van der Waals surface area contributed by atoms with Crippen molar-refractivity contribution in [2.24, 2.45) is 0 Å². The van der Waals surface area contributed by atoms with E-state index < -0.39 is 0 Å². The van der Waals surface area contributed by atoms with Gasteiger partial charge in [-0.15, -0.1) is 0 Å². The number of nitrogens with zero attached hydrogens (tertiary/aromatic N) is 2. The minimum absolute atomic E-state index is 0.0836. The third-order valence-corrected chi connectivity index (χ3v) is 3.03. The molecule has 0 radical (unpaired) electrons. The van der Waals surface area contributed by atoms with Crippen molar-refractivity contribution in [3.05, 3.63) is 17.0 Å². The molecule has 0 aromatic carbocycles. The lowest BCUT2D eigenvalue weighted by Crippen LogP contribution is -2.36. The minimum Gasteiger partial charge on any atom is -0.367 e. The van der Waals surface area contributed by atoms with Crippen molar-refractivity contribution in [1.82, 2.24) is 9.78 Å². The van der Waals surface area contributed by atoms with Crippen LogP contribution >= 0.6 is 0 Å². The number of ether oxygens (including phenoxy) is 1. The smallest absolute Gasteiger partial charge is 0.0895 e. The first kappa shape index (κ1) is 10.7. The van der Waals surface area contributed by atoms with Gasteiger partial charge in [-0.3, -0.25) is 4.68 Å². The molecule has 0 spiro atoms. The average molecular weight is 208 g/mol. The summed E-state index contributed by atoms with van der Waals surface area (Å²) in [5, 5.41) is 4.68. The molecule has 1 aromatic rings. The predicted octanol–water partition coefficient (Wildman–Crippen LogP) is 2.62. The molecule has 0 bridgehead atoms. The molecule has 1 aliphatic heterocycles. The fourth-order valence-electron chi connectivity index (χ4n) is 2.14. The van der Waals surface area contributed by atoms with Crippen LogP contribution in [0.2, 0.25) is 0 Å². The van der Waals surface area contributed by atoms with Crippen molar-refractivity contribution >= 4 is 0 Å². The van der Waals surface area contributed by atoms with Gasteiger partial charge in [-0.05, 0) is 32.3 Å². The van der Waals surface area contributed by atoms with E-state index in [4.69, 9.17) is 4.74 Å². The van der Waals surface area contributed by atoms with Gasteiger partial charge in [-0.1, -0.05) is 13.8 Å². The van der Waals surface area contributed by atoms with E-state index in [1.165, 1.54) is 17.0 Å². The number of rotatable bonds is 1. The number of fused-ring (bicyclic) bond motifs is 1. The molecular formula is C12H20N2O. The van der Waals surface area contributed by atoms with Gasteiger partial charge in [0.2, 0.25) is 0 Å². The van der Waals surface area contributed by atoms with Gasteiger partial charge in [0.25, 0.3) is 0 Å². The number of hydrogen-bond donors (Lipinski definition) is 0. The van der Waals surface area contributed by atoms with E-state index in [0.717, 1.165) is 6.54 Å². The molecule has 0 N–H and O–H groups in total. The highest BCUT2D eigenvalue weighted by atomic mass is 16.5. The van der Waals surface area contributed by atoms with Gasteiger partial charge in [0.15, 0.2) is 0 Å². The maximum atomic E-state index is 5.80. The fourth-order valence-corrected chi connectivity index (χ4v) is 2.14. The summed E-state index contributed by atoms with van der Waals surface area (Å²) in [5.41, 5.74) is 3.68. The monoisotopic (exact) mass is 208 g/mol. The average Bonchev–Trinajstić information content (AvgIpc) is 2.41. The Labute approximate surface area is 91.4 Å². The van der Waals surface area contributed by atoms with E-state index in [1.54, 1.807) is 0 Å². The molecule has 15 heavy (non-hydrogen) atoms. The second kappa shape index (κ2) is 3.34. The zero-order valence-electron chi connectivity index (χ0n) is 10.3. The Morgan fingerprint density at radius 1 is 1.40 bits per heavy atom. The SMILES string of the molecule is Cc1c(C(C)C)nn2c1COC(C)(C)C2. The molecule has 1 aliphatic rings. The quantitative estimate of drug-likeness (QED) is 0.709. The third-order valence-electron chi connectivity index (χ3n) is 3.03. The molecule has 3 heteroatoms. The van der Waals surface area contributed by atoms with Crippen LogP contribution in [-0.4, -0.2) is 15.4 Å². The summed E-state index contributed by atoms with van der Waals surface area (Å²) in [6, 6.07) is 0. The molecule has 0 unspecified atom stereocenters. The summed E-state index contributed by atoms with van der Waals surface area (Å²) in [4.78, 5) is 0. The van der Waals surface area contributed by atoms with Crippen LogP contribution in [0, 0.1) is 6.92 Å². The highest BCUT2D eigenvalue weighted by molar-refractivity contribution is 5.27. The van der Waals surface area contributed by atoms with Gasteiger partial charge < -0.3 is 4.74 Å². The van der Waals surface area contributed by atoms with E-state index in [-0.39, 0.29) is 5.60 Å². The molecule has 0 aliphatic carbocycles. The van der Waals surface area contributed by atoms with Crippen LogP contribution in [0.4, 0.5) is 0 Å². The Morgan fingerprint density at radius 3 is 2.67 bits per heavy atom. The summed E-state index contributed by atoms with van der Waals surface area (Å²) >= 11 is 0. The first-order valence-electron chi connectivity index (χ1n) is 5.61. The topological polar surface area (TPSA) is 27.1 Å². The molecule has 2 rings (SSSR count). The van der Waals surface area contributed by atoms with Crippen molar-refractivity contribution in [2.45, 2.75) is 59.3 Å². The highest BCUT2D eigenvalue weighted by Crippen LogP contribution is 2.28. The third kappa shape index (κ3) is 1.81. The summed E-state index contributed by atoms with van der Waals surface area (Å²) in [6.45, 7) is 12.3. The molecule has 84 valence electrons. The van der Waals surface area contributed by atoms with Crippen molar-refractivity contribution in [3.63, 3.8) is 0 Å². The molecule has 0 amide bonds. The van der Waals surface area contributed by atoms with Gasteiger partial charge in [0.05, 0.1) is 30.1 Å². The molecule has 2 heterocycles. The van der Waals surface area contributed by atoms with Crippen LogP contribution in [-0.2, 0) is 17.9 Å². The van der Waals surface area contributed by atoms with Gasteiger partial charge in [-0.2, -0.15) is 5.10 Å². The van der Waals surface area contributed by atoms with Crippen LogP contribution in [0.5, 0.6) is 0 Å². The van der Waals surface area contributed by atoms with Crippen molar-refractivity contribution in [3.8, 4) is 0 Å². The van der Waals surface area contributed by atoms with Crippen molar-refractivity contribution < 1.29 is 4.74 Å². The lowest BCUT2D eigenvalue weighted by molar-refractivity contribution is -0.0663. The Kier molecular flexibility index (Phi) is 2.38. The second-order valence-electron chi connectivity index (χ2n) is 5.32. The largest absolute Gasteiger partial charge is 0.367 e. The molecule has 3 nitrogen and oxygen atoms in total. The normalized spacial score (nSPS) is 19.3. The standard InChI is InChI=1S/C12H20N2O/c1-8(2)11-9(3)10-6-15-12(4,5)7-14(10)13-11/h8H,6-7H2,1-5H3. The van der Waals surface area contributed by atoms with Gasteiger partial charge in [0, 0.05) is 0 Å². The maximum absolute atomic E-state index is 5.80. The zero-order chi connectivity index (χ0) is 11.2. The predicted molar refractivity (Wildman–Crippen MR) is 59.9 cm³/mol. The summed E-state index contributed by atoms with van der Waals surface area (Å²) in [7, 11) is 0. The Bertz CT molecular complexity index is 377. The van der Waals surface area contributed by atoms with Crippen molar-refractivity contribution in [2.75, 3.05) is 0 Å². The highest BCUT2D eigenvalue weighted by Gasteiger charge is 2.29. The molecule has 0 fully saturated rings. The second-order valence-corrected chi connectivity index (χ2v) is 5.32. The molecule has 0 saturated heterocycles. The first-order valence-corrected chi connectivity index (χ1v) is 5.61. The maximum Gasteiger partial charge on any atom is 0.0895 e. The van der Waals surface area contributed by atoms with E-state index in [2.05, 4.69) is 44.4 Å². The van der Waals surface area contributed by atoms with Crippen molar-refractivity contribution in [1.29, 1.82) is 0 Å². The minimum atomic E-state index is -0.0836. The molecular weight excluding hydrogens is 188 g/mol. The van der Waals surface area contributed by atoms with Gasteiger partial charge in [-0.25, -0.2) is 0 Å². The number of aromatic nitrogens is 2. The van der Waals surface area contributed by atoms with E-state index in [9.17, 15) is 0 Å². The summed E-state index contributed by atoms with van der Waals surface area (Å²) < 4.78 is 7.92. The molecule has 0 atom stereocenters. The van der Waals surface area contributed by atoms with Gasteiger partial charge >= 0.3 is 0 Å². The van der Waals surface area contributed by atoms with Gasteiger partial charge in [0.1, 0.15) is 0 Å². The Hall–Kier alpha value is -0.830. The zero-order valence-corrected chi connectivity index (χ0v) is 10.3. The Balaban J connectivity index is 2.41. The van der Waals surface area contributed by atoms with E-state index in [1.807, 2.05) is 0 Å². The van der Waals surface area contributed by atoms with Crippen LogP contribution in [0.15, 0.2) is 0 Å². The Morgan fingerprint density at radius 2 is 2.07 bits per heavy atom. The summed E-state index contributed by atoms with van der Waals surface area (Å²) in [6.07, 6.45) is 0. The van der Waals surface area contributed by atoms with Crippen LogP contribution < -0.4 is 0 Å². The lowest BCUT2D eigenvalue weighted by atomic mass is 10.0. The summed E-state index contributed by atoms with van der Waals surface area (Å²) in [5.74, 6) is 0.492. The first-order chi connectivity index (χ1) is 6.91. The lowest BCUT2D eigenvalue weighted by Gasteiger charge is -2.30. The molecule has 1 aromatic heterocycles. The molecule has 0 saturated carbocycles. The van der Waals surface area contributed by atoms with Crippen LogP contribution in [0.25, 0.3) is 0 Å². The van der Waals surface area contributed by atoms with Crippen LogP contribution in [0.1, 0.15) is 50.6 Å². The van der Waals surface area contributed by atoms with Crippen LogP contribution in [0.3, 0.4) is 0 Å². The fraction of sp³-hybridized carbons (Fsp3) is 0.750. The van der Waals surface area contributed by atoms with E-state index in [0.29, 0.717) is 12.5 Å². The van der Waals surface area contributed by atoms with E-state index >= 15 is 0 Å². The number of hydrogen-bond acceptors (Lipinski definition) is 2.